The summed E-state index contributed by atoms with van der Waals surface area (Å²) in [5.74, 6) is 0. The summed E-state index contributed by atoms with van der Waals surface area (Å²) in [5, 5.41) is 7.85. The molecule has 21 heavy (non-hydrogen) atoms. The fraction of sp³-hybridized carbons (Fsp3) is 0. The highest BCUT2D eigenvalue weighted by Crippen LogP contribution is 2.15. The number of benzene rings is 2. The second kappa shape index (κ2) is 6.48. The van der Waals surface area contributed by atoms with Gasteiger partial charge in [-0.3, -0.25) is 10.1 Å². The summed E-state index contributed by atoms with van der Waals surface area (Å²) in [7, 11) is 0. The molecule has 0 spiro atoms. The molecule has 0 radical (unpaired) electrons. The second-order valence-corrected chi connectivity index (χ2v) is 4.55. The van der Waals surface area contributed by atoms with Gasteiger partial charge in [-0.1, -0.05) is 54.6 Å². The van der Waals surface area contributed by atoms with E-state index < -0.39 is 0 Å². The molecule has 0 aliphatic rings. The van der Waals surface area contributed by atoms with Crippen LogP contribution in [0.2, 0.25) is 0 Å². The maximum atomic E-state index is 4.18. The minimum absolute atomic E-state index is 1.06. The molecule has 3 nitrogen and oxygen atoms in total. The minimum Gasteiger partial charge on any atom is -0.285 e. The molecule has 2 aromatic heterocycles. The summed E-state index contributed by atoms with van der Waals surface area (Å²) >= 11 is 0. The Morgan fingerprint density at radius 1 is 0.714 bits per heavy atom. The molecule has 0 aliphatic carbocycles. The van der Waals surface area contributed by atoms with Crippen molar-refractivity contribution in [3.05, 3.63) is 85.3 Å². The van der Waals surface area contributed by atoms with Gasteiger partial charge < -0.3 is 0 Å². The lowest BCUT2D eigenvalue weighted by Crippen LogP contribution is -1.73. The van der Waals surface area contributed by atoms with Crippen LogP contribution < -0.4 is 0 Å². The van der Waals surface area contributed by atoms with Crippen molar-refractivity contribution in [1.29, 1.82) is 0 Å². The highest BCUT2D eigenvalue weighted by molar-refractivity contribution is 5.77. The Kier molecular flexibility index (Phi) is 4.03. The molecule has 3 heteroatoms. The highest BCUT2D eigenvalue weighted by Gasteiger charge is 1.94. The lowest BCUT2D eigenvalue weighted by Gasteiger charge is -1.92. The third kappa shape index (κ3) is 3.34. The molecule has 0 saturated heterocycles. The van der Waals surface area contributed by atoms with Gasteiger partial charge in [0.25, 0.3) is 0 Å². The zero-order valence-corrected chi connectivity index (χ0v) is 11.5. The molecular weight excluding hydrogens is 258 g/mol. The third-order valence-corrected chi connectivity index (χ3v) is 3.12. The molecule has 4 rings (SSSR count). The van der Waals surface area contributed by atoms with E-state index in [-0.39, 0.29) is 0 Å². The van der Waals surface area contributed by atoms with E-state index in [2.05, 4.69) is 39.4 Å². The predicted molar refractivity (Wildman–Crippen MR) is 85.8 cm³/mol. The van der Waals surface area contributed by atoms with E-state index >= 15 is 0 Å². The summed E-state index contributed by atoms with van der Waals surface area (Å²) in [6.45, 7) is 0. The number of H-pyrrole nitrogens is 1. The van der Waals surface area contributed by atoms with Crippen molar-refractivity contribution in [1.82, 2.24) is 15.2 Å². The van der Waals surface area contributed by atoms with E-state index in [1.807, 2.05) is 61.1 Å². The van der Waals surface area contributed by atoms with Gasteiger partial charge in [-0.15, -0.1) is 0 Å². The quantitative estimate of drug-likeness (QED) is 0.561. The Balaban J connectivity index is 0.000000126. The second-order valence-electron chi connectivity index (χ2n) is 4.55. The van der Waals surface area contributed by atoms with Crippen LogP contribution in [0.25, 0.3) is 22.0 Å². The first kappa shape index (κ1) is 13.1. The standard InChI is InChI=1S/C9H8N2.C9H7N/c1-2-4-8(5-3-1)9-6-10-11-7-9;1-2-6-9-8(4-1)5-3-7-10-9/h1-7H,(H,10,11);1-7H. The van der Waals surface area contributed by atoms with Crippen molar-refractivity contribution >= 4 is 10.9 Å². The number of aromatic amines is 1. The predicted octanol–water partition coefficient (Wildman–Crippen LogP) is 4.31. The normalized spacial score (nSPS) is 9.90. The smallest absolute Gasteiger partial charge is 0.0701 e. The van der Waals surface area contributed by atoms with Crippen LogP contribution in [0.1, 0.15) is 0 Å². The number of aromatic nitrogens is 3. The van der Waals surface area contributed by atoms with Crippen LogP contribution in [0.15, 0.2) is 85.3 Å². The van der Waals surface area contributed by atoms with Crippen LogP contribution in [0, 0.1) is 0 Å². The number of pyridine rings is 1. The Morgan fingerprint density at radius 3 is 2.24 bits per heavy atom. The van der Waals surface area contributed by atoms with Gasteiger partial charge in [0.2, 0.25) is 0 Å². The minimum atomic E-state index is 1.06. The number of fused-ring (bicyclic) bond motifs is 1. The van der Waals surface area contributed by atoms with Crippen molar-refractivity contribution in [2.24, 2.45) is 0 Å². The molecule has 2 heterocycles. The number of hydrogen-bond acceptors (Lipinski definition) is 2. The van der Waals surface area contributed by atoms with Gasteiger partial charge >= 0.3 is 0 Å². The monoisotopic (exact) mass is 273 g/mol. The molecule has 0 aliphatic heterocycles. The molecule has 102 valence electrons. The van der Waals surface area contributed by atoms with Gasteiger partial charge in [0, 0.05) is 23.3 Å². The van der Waals surface area contributed by atoms with Crippen LogP contribution in [-0.2, 0) is 0 Å². The average molecular weight is 273 g/mol. The maximum Gasteiger partial charge on any atom is 0.0701 e. The Hall–Kier alpha value is -2.94. The zero-order chi connectivity index (χ0) is 14.3. The van der Waals surface area contributed by atoms with Crippen LogP contribution in [-0.4, -0.2) is 15.2 Å². The van der Waals surface area contributed by atoms with Gasteiger partial charge in [0.15, 0.2) is 0 Å². The van der Waals surface area contributed by atoms with Gasteiger partial charge in [-0.05, 0) is 17.7 Å². The molecule has 4 aromatic rings. The van der Waals surface area contributed by atoms with Crippen LogP contribution >= 0.6 is 0 Å². The van der Waals surface area contributed by atoms with Crippen molar-refractivity contribution < 1.29 is 0 Å². The maximum absolute atomic E-state index is 4.18. The zero-order valence-electron chi connectivity index (χ0n) is 11.5. The Bertz CT molecular complexity index is 727. The molecular formula is C18H15N3. The average Bonchev–Trinajstić information content (AvgIpc) is 3.11. The number of nitrogens with one attached hydrogen (secondary N) is 1. The summed E-state index contributed by atoms with van der Waals surface area (Å²) in [6, 6.07) is 22.2. The van der Waals surface area contributed by atoms with Crippen LogP contribution in [0.4, 0.5) is 0 Å². The number of hydrogen-bond donors (Lipinski definition) is 1. The molecule has 0 fully saturated rings. The van der Waals surface area contributed by atoms with Crippen LogP contribution in [0.3, 0.4) is 0 Å². The number of rotatable bonds is 1. The Morgan fingerprint density at radius 2 is 1.48 bits per heavy atom. The van der Waals surface area contributed by atoms with Gasteiger partial charge in [-0.2, -0.15) is 5.10 Å². The SMILES string of the molecule is c1ccc(-c2cn[nH]c2)cc1.c1ccc2ncccc2c1. The van der Waals surface area contributed by atoms with Crippen molar-refractivity contribution in [2.75, 3.05) is 0 Å². The first-order chi connectivity index (χ1) is 10.4. The highest BCUT2D eigenvalue weighted by atomic mass is 15.1. The van der Waals surface area contributed by atoms with Gasteiger partial charge in [0.05, 0.1) is 11.7 Å². The summed E-state index contributed by atoms with van der Waals surface area (Å²) in [4.78, 5) is 4.18. The molecule has 0 saturated carbocycles. The summed E-state index contributed by atoms with van der Waals surface area (Å²) in [6.07, 6.45) is 5.51. The number of nitrogens with zero attached hydrogens (tertiary/aromatic N) is 2. The van der Waals surface area contributed by atoms with E-state index in [0.29, 0.717) is 0 Å². The van der Waals surface area contributed by atoms with E-state index in [4.69, 9.17) is 0 Å². The largest absolute Gasteiger partial charge is 0.285 e. The van der Waals surface area contributed by atoms with Crippen molar-refractivity contribution in [3.63, 3.8) is 0 Å². The van der Waals surface area contributed by atoms with E-state index in [0.717, 1.165) is 11.1 Å². The molecule has 1 N–H and O–H groups in total. The fourth-order valence-electron chi connectivity index (χ4n) is 2.06. The third-order valence-electron chi connectivity index (χ3n) is 3.12. The molecule has 0 amide bonds. The first-order valence-electron chi connectivity index (χ1n) is 6.77. The topological polar surface area (TPSA) is 41.6 Å². The van der Waals surface area contributed by atoms with Crippen molar-refractivity contribution in [3.8, 4) is 11.1 Å². The molecule has 0 unspecified atom stereocenters. The lowest BCUT2D eigenvalue weighted by molar-refractivity contribution is 1.09. The van der Waals surface area contributed by atoms with Crippen LogP contribution in [0.5, 0.6) is 0 Å². The van der Waals surface area contributed by atoms with E-state index in [1.165, 1.54) is 10.9 Å². The first-order valence-corrected chi connectivity index (χ1v) is 6.77. The van der Waals surface area contributed by atoms with Gasteiger partial charge in [-0.25, -0.2) is 0 Å². The van der Waals surface area contributed by atoms with Gasteiger partial charge in [0.1, 0.15) is 0 Å². The summed E-state index contributed by atoms with van der Waals surface area (Å²) < 4.78 is 0. The molecule has 2 aromatic carbocycles. The van der Waals surface area contributed by atoms with E-state index in [9.17, 15) is 0 Å². The summed E-state index contributed by atoms with van der Waals surface area (Å²) in [5.41, 5.74) is 3.39. The lowest BCUT2D eigenvalue weighted by atomic mass is 10.1. The van der Waals surface area contributed by atoms with E-state index in [1.54, 1.807) is 0 Å². The molecule has 0 bridgehead atoms. The van der Waals surface area contributed by atoms with Crippen molar-refractivity contribution in [2.45, 2.75) is 0 Å². The number of para-hydroxylation sites is 1. The molecule has 0 atom stereocenters. The fourth-order valence-corrected chi connectivity index (χ4v) is 2.06. The Labute approximate surface area is 123 Å².